The zero-order valence-corrected chi connectivity index (χ0v) is 15.0. The standard InChI is InChI=1S/C21H29NO2/c1-3-5-13-21(16-22)14-11-19(12-15-21)24-20(23)18-9-7-17(6-4-2)8-10-18/h7-10,19H,3-6,11-15H2,1-2H3/t19-,21-. The Labute approximate surface area is 146 Å². The number of esters is 1. The van der Waals surface area contributed by atoms with Crippen LogP contribution in [-0.2, 0) is 11.2 Å². The van der Waals surface area contributed by atoms with E-state index >= 15 is 0 Å². The van der Waals surface area contributed by atoms with Gasteiger partial charge in [0.25, 0.3) is 0 Å². The van der Waals surface area contributed by atoms with Gasteiger partial charge in [-0.2, -0.15) is 5.26 Å². The Morgan fingerprint density at radius 2 is 1.88 bits per heavy atom. The van der Waals surface area contributed by atoms with Gasteiger partial charge >= 0.3 is 5.97 Å². The van der Waals surface area contributed by atoms with E-state index in [9.17, 15) is 10.1 Å². The third-order valence-electron chi connectivity index (χ3n) is 5.14. The van der Waals surface area contributed by atoms with Crippen LogP contribution in [0, 0.1) is 16.7 Å². The van der Waals surface area contributed by atoms with Gasteiger partial charge in [-0.25, -0.2) is 4.79 Å². The molecule has 0 spiro atoms. The molecule has 1 aromatic rings. The van der Waals surface area contributed by atoms with Crippen molar-refractivity contribution in [2.75, 3.05) is 0 Å². The fourth-order valence-corrected chi connectivity index (χ4v) is 3.51. The molecule has 130 valence electrons. The first-order valence-corrected chi connectivity index (χ1v) is 9.33. The van der Waals surface area contributed by atoms with Crippen molar-refractivity contribution >= 4 is 5.97 Å². The van der Waals surface area contributed by atoms with Gasteiger partial charge in [0.15, 0.2) is 0 Å². The molecule has 1 aliphatic rings. The van der Waals surface area contributed by atoms with Crippen molar-refractivity contribution in [2.45, 2.75) is 77.7 Å². The lowest BCUT2D eigenvalue weighted by Gasteiger charge is -2.34. The van der Waals surface area contributed by atoms with Gasteiger partial charge in [0.1, 0.15) is 6.10 Å². The van der Waals surface area contributed by atoms with Gasteiger partial charge in [-0.3, -0.25) is 0 Å². The molecule has 3 heteroatoms. The minimum atomic E-state index is -0.235. The van der Waals surface area contributed by atoms with Crippen LogP contribution < -0.4 is 0 Å². The Bertz CT molecular complexity index is 562. The summed E-state index contributed by atoms with van der Waals surface area (Å²) in [5, 5.41) is 9.53. The van der Waals surface area contributed by atoms with Gasteiger partial charge in [0.2, 0.25) is 0 Å². The van der Waals surface area contributed by atoms with E-state index in [1.807, 2.05) is 24.3 Å². The predicted octanol–water partition coefficient (Wildman–Crippen LogP) is 5.44. The van der Waals surface area contributed by atoms with E-state index in [0.29, 0.717) is 5.56 Å². The second kappa shape index (κ2) is 8.87. The lowest BCUT2D eigenvalue weighted by molar-refractivity contribution is 0.0105. The van der Waals surface area contributed by atoms with Crippen LogP contribution in [0.4, 0.5) is 0 Å². The van der Waals surface area contributed by atoms with E-state index in [4.69, 9.17) is 4.74 Å². The first-order valence-electron chi connectivity index (χ1n) is 9.33. The molecule has 1 fully saturated rings. The number of carbonyl (C=O) groups excluding carboxylic acids is 1. The Morgan fingerprint density at radius 1 is 1.21 bits per heavy atom. The van der Waals surface area contributed by atoms with Crippen LogP contribution in [0.25, 0.3) is 0 Å². The SMILES string of the molecule is CCCC[C@]1(C#N)CC[C@H](OC(=O)c2ccc(CCC)cc2)CC1. The lowest BCUT2D eigenvalue weighted by atomic mass is 9.71. The number of aryl methyl sites for hydroxylation is 1. The number of hydrogen-bond acceptors (Lipinski definition) is 3. The number of carbonyl (C=O) groups is 1. The molecule has 0 bridgehead atoms. The van der Waals surface area contributed by atoms with Crippen LogP contribution in [0.5, 0.6) is 0 Å². The monoisotopic (exact) mass is 327 g/mol. The van der Waals surface area contributed by atoms with Gasteiger partial charge in [0.05, 0.1) is 17.0 Å². The molecule has 0 N–H and O–H groups in total. The number of unbranched alkanes of at least 4 members (excludes halogenated alkanes) is 1. The number of rotatable bonds is 7. The number of hydrogen-bond donors (Lipinski definition) is 0. The van der Waals surface area contributed by atoms with E-state index in [0.717, 1.165) is 57.8 Å². The van der Waals surface area contributed by atoms with Crippen molar-refractivity contribution in [2.24, 2.45) is 5.41 Å². The fourth-order valence-electron chi connectivity index (χ4n) is 3.51. The maximum Gasteiger partial charge on any atom is 0.338 e. The summed E-state index contributed by atoms with van der Waals surface area (Å²) in [4.78, 5) is 12.3. The predicted molar refractivity (Wildman–Crippen MR) is 95.7 cm³/mol. The van der Waals surface area contributed by atoms with E-state index in [1.165, 1.54) is 5.56 Å². The third-order valence-corrected chi connectivity index (χ3v) is 5.14. The zero-order valence-electron chi connectivity index (χ0n) is 15.0. The Kier molecular flexibility index (Phi) is 6.85. The van der Waals surface area contributed by atoms with Crippen LogP contribution >= 0.6 is 0 Å². The number of nitrogens with zero attached hydrogens (tertiary/aromatic N) is 1. The molecule has 1 aliphatic carbocycles. The van der Waals surface area contributed by atoms with Crippen LogP contribution in [-0.4, -0.2) is 12.1 Å². The molecule has 0 radical (unpaired) electrons. The van der Waals surface area contributed by atoms with Crippen molar-refractivity contribution in [1.29, 1.82) is 5.26 Å². The molecule has 0 aliphatic heterocycles. The number of ether oxygens (including phenoxy) is 1. The Hall–Kier alpha value is -1.82. The number of nitriles is 1. The summed E-state index contributed by atoms with van der Waals surface area (Å²) >= 11 is 0. The molecular formula is C21H29NO2. The molecule has 1 aromatic carbocycles. The largest absolute Gasteiger partial charge is 0.459 e. The van der Waals surface area contributed by atoms with Gasteiger partial charge in [0, 0.05) is 0 Å². The first-order chi connectivity index (χ1) is 11.6. The molecule has 2 rings (SSSR count). The molecule has 0 amide bonds. The third kappa shape index (κ3) is 4.84. The van der Waals surface area contributed by atoms with Crippen LogP contribution in [0.1, 0.15) is 81.1 Å². The second-order valence-electron chi connectivity index (χ2n) is 7.05. The van der Waals surface area contributed by atoms with Crippen LogP contribution in [0.15, 0.2) is 24.3 Å². The van der Waals surface area contributed by atoms with Crippen LogP contribution in [0.3, 0.4) is 0 Å². The van der Waals surface area contributed by atoms with E-state index < -0.39 is 0 Å². The topological polar surface area (TPSA) is 50.1 Å². The average molecular weight is 327 g/mol. The maximum atomic E-state index is 12.3. The fraction of sp³-hybridized carbons (Fsp3) is 0.619. The van der Waals surface area contributed by atoms with E-state index in [1.54, 1.807) is 0 Å². The summed E-state index contributed by atoms with van der Waals surface area (Å²) < 4.78 is 5.67. The summed E-state index contributed by atoms with van der Waals surface area (Å²) in [5.74, 6) is -0.235. The van der Waals surface area contributed by atoms with E-state index in [-0.39, 0.29) is 17.5 Å². The smallest absolute Gasteiger partial charge is 0.338 e. The summed E-state index contributed by atoms with van der Waals surface area (Å²) in [6.07, 6.45) is 8.58. The summed E-state index contributed by atoms with van der Waals surface area (Å²) in [6, 6.07) is 10.3. The molecule has 0 heterocycles. The molecule has 3 nitrogen and oxygen atoms in total. The summed E-state index contributed by atoms with van der Waals surface area (Å²) in [5.41, 5.74) is 1.68. The van der Waals surface area contributed by atoms with Crippen molar-refractivity contribution in [3.8, 4) is 6.07 Å². The molecule has 0 saturated heterocycles. The molecular weight excluding hydrogens is 298 g/mol. The first kappa shape index (κ1) is 18.5. The Balaban J connectivity index is 1.86. The van der Waals surface area contributed by atoms with Gasteiger partial charge < -0.3 is 4.74 Å². The highest BCUT2D eigenvalue weighted by molar-refractivity contribution is 5.89. The quantitative estimate of drug-likeness (QED) is 0.627. The molecule has 0 aromatic heterocycles. The van der Waals surface area contributed by atoms with Crippen molar-refractivity contribution in [1.82, 2.24) is 0 Å². The molecule has 0 atom stereocenters. The number of benzene rings is 1. The summed E-state index contributed by atoms with van der Waals surface area (Å²) in [7, 11) is 0. The van der Waals surface area contributed by atoms with Crippen molar-refractivity contribution in [3.63, 3.8) is 0 Å². The minimum Gasteiger partial charge on any atom is -0.459 e. The maximum absolute atomic E-state index is 12.3. The van der Waals surface area contributed by atoms with E-state index in [2.05, 4.69) is 19.9 Å². The van der Waals surface area contributed by atoms with Gasteiger partial charge in [-0.05, 0) is 56.2 Å². The van der Waals surface area contributed by atoms with Gasteiger partial charge in [-0.1, -0.05) is 45.2 Å². The Morgan fingerprint density at radius 3 is 2.42 bits per heavy atom. The highest BCUT2D eigenvalue weighted by atomic mass is 16.5. The van der Waals surface area contributed by atoms with Crippen molar-refractivity contribution in [3.05, 3.63) is 35.4 Å². The van der Waals surface area contributed by atoms with Crippen molar-refractivity contribution < 1.29 is 9.53 Å². The minimum absolute atomic E-state index is 0.0454. The average Bonchev–Trinajstić information content (AvgIpc) is 2.62. The van der Waals surface area contributed by atoms with Gasteiger partial charge in [-0.15, -0.1) is 0 Å². The second-order valence-corrected chi connectivity index (χ2v) is 7.05. The highest BCUT2D eigenvalue weighted by Gasteiger charge is 2.36. The zero-order chi connectivity index (χ0) is 17.4. The lowest BCUT2D eigenvalue weighted by Crippen LogP contribution is -2.31. The molecule has 24 heavy (non-hydrogen) atoms. The van der Waals surface area contributed by atoms with Crippen LogP contribution in [0.2, 0.25) is 0 Å². The normalized spacial score (nSPS) is 23.5. The summed E-state index contributed by atoms with van der Waals surface area (Å²) in [6.45, 7) is 4.30. The molecule has 1 saturated carbocycles. The highest BCUT2D eigenvalue weighted by Crippen LogP contribution is 2.41. The molecule has 0 unspecified atom stereocenters.